The van der Waals surface area contributed by atoms with Gasteiger partial charge in [-0.05, 0) is 44.0 Å². The highest BCUT2D eigenvalue weighted by molar-refractivity contribution is 6.32. The third-order valence-electron chi connectivity index (χ3n) is 2.19. The first-order valence-electron chi connectivity index (χ1n) is 4.29. The van der Waals surface area contributed by atoms with Crippen molar-refractivity contribution in [3.63, 3.8) is 0 Å². The van der Waals surface area contributed by atoms with Crippen molar-refractivity contribution >= 4 is 11.6 Å². The van der Waals surface area contributed by atoms with Crippen molar-refractivity contribution in [3.8, 4) is 11.8 Å². The summed E-state index contributed by atoms with van der Waals surface area (Å²) in [5.74, 6) is 0.144. The first-order chi connectivity index (χ1) is 6.38. The van der Waals surface area contributed by atoms with Gasteiger partial charge in [0, 0.05) is 5.02 Å². The Balaban J connectivity index is 3.44. The highest BCUT2D eigenvalue weighted by Gasteiger charge is 2.24. The van der Waals surface area contributed by atoms with E-state index in [9.17, 15) is 5.11 Å². The molecular weight excluding hydrogens is 198 g/mol. The molecule has 1 N–H and O–H groups in total. The number of aromatic hydroxyl groups is 1. The Bertz CT molecular complexity index is 404. The van der Waals surface area contributed by atoms with Crippen LogP contribution in [0.25, 0.3) is 0 Å². The van der Waals surface area contributed by atoms with Crippen molar-refractivity contribution < 1.29 is 5.11 Å². The third kappa shape index (κ3) is 1.83. The summed E-state index contributed by atoms with van der Waals surface area (Å²) in [5.41, 5.74) is 0.768. The maximum Gasteiger partial charge on any atom is 0.116 e. The molecule has 0 fully saturated rings. The SMILES string of the molecule is Cc1cc(O)cc(C(C)(C)C#N)c1Cl. The molecule has 0 aliphatic carbocycles. The van der Waals surface area contributed by atoms with Crippen molar-refractivity contribution in [2.24, 2.45) is 0 Å². The number of benzene rings is 1. The summed E-state index contributed by atoms with van der Waals surface area (Å²) in [5, 5.41) is 18.9. The molecule has 14 heavy (non-hydrogen) atoms. The van der Waals surface area contributed by atoms with Crippen molar-refractivity contribution in [3.05, 3.63) is 28.3 Å². The molecule has 2 nitrogen and oxygen atoms in total. The summed E-state index contributed by atoms with van der Waals surface area (Å²) in [7, 11) is 0. The van der Waals surface area contributed by atoms with Crippen LogP contribution in [-0.4, -0.2) is 5.11 Å². The number of hydrogen-bond donors (Lipinski definition) is 1. The average molecular weight is 210 g/mol. The molecule has 0 saturated heterocycles. The topological polar surface area (TPSA) is 44.0 Å². The lowest BCUT2D eigenvalue weighted by atomic mass is 9.85. The Morgan fingerprint density at radius 3 is 2.50 bits per heavy atom. The lowest BCUT2D eigenvalue weighted by molar-refractivity contribution is 0.472. The summed E-state index contributed by atoms with van der Waals surface area (Å²) in [6, 6.07) is 5.28. The van der Waals surface area contributed by atoms with Crippen molar-refractivity contribution in [2.45, 2.75) is 26.2 Å². The van der Waals surface area contributed by atoms with E-state index in [-0.39, 0.29) is 5.75 Å². The van der Waals surface area contributed by atoms with Crippen molar-refractivity contribution in [1.29, 1.82) is 5.26 Å². The zero-order valence-corrected chi connectivity index (χ0v) is 9.18. The molecule has 0 heterocycles. The minimum Gasteiger partial charge on any atom is -0.508 e. The number of phenols is 1. The normalized spacial score (nSPS) is 11.1. The first kappa shape index (κ1) is 10.9. The molecule has 0 radical (unpaired) electrons. The number of aryl methyl sites for hydroxylation is 1. The van der Waals surface area contributed by atoms with Gasteiger partial charge in [-0.3, -0.25) is 0 Å². The smallest absolute Gasteiger partial charge is 0.116 e. The van der Waals surface area contributed by atoms with E-state index in [4.69, 9.17) is 16.9 Å². The van der Waals surface area contributed by atoms with Gasteiger partial charge in [0.05, 0.1) is 11.5 Å². The van der Waals surface area contributed by atoms with Gasteiger partial charge >= 0.3 is 0 Å². The van der Waals surface area contributed by atoms with E-state index in [0.29, 0.717) is 10.6 Å². The van der Waals surface area contributed by atoms with Gasteiger partial charge in [-0.2, -0.15) is 5.26 Å². The van der Waals surface area contributed by atoms with Gasteiger partial charge in [-0.15, -0.1) is 0 Å². The van der Waals surface area contributed by atoms with Gasteiger partial charge in [0.2, 0.25) is 0 Å². The molecule has 0 aliphatic rings. The van der Waals surface area contributed by atoms with Crippen LogP contribution in [0.5, 0.6) is 5.75 Å². The van der Waals surface area contributed by atoms with E-state index < -0.39 is 5.41 Å². The molecule has 0 bridgehead atoms. The third-order valence-corrected chi connectivity index (χ3v) is 2.69. The molecule has 1 aromatic carbocycles. The standard InChI is InChI=1S/C11H12ClNO/c1-7-4-8(14)5-9(10(7)12)11(2,3)6-13/h4-5,14H,1-3H3. The van der Waals surface area contributed by atoms with E-state index in [2.05, 4.69) is 6.07 Å². The van der Waals surface area contributed by atoms with Gasteiger partial charge in [-0.25, -0.2) is 0 Å². The number of phenolic OH excluding ortho intramolecular Hbond substituents is 1. The fourth-order valence-electron chi connectivity index (χ4n) is 1.27. The van der Waals surface area contributed by atoms with Crippen molar-refractivity contribution in [1.82, 2.24) is 0 Å². The summed E-state index contributed by atoms with van der Waals surface area (Å²) in [4.78, 5) is 0. The Kier molecular flexibility index (Phi) is 2.73. The molecule has 74 valence electrons. The van der Waals surface area contributed by atoms with Gasteiger partial charge < -0.3 is 5.11 Å². The Hall–Kier alpha value is -1.20. The number of hydrogen-bond acceptors (Lipinski definition) is 2. The first-order valence-corrected chi connectivity index (χ1v) is 4.67. The average Bonchev–Trinajstić information content (AvgIpc) is 2.11. The lowest BCUT2D eigenvalue weighted by Crippen LogP contribution is -2.14. The van der Waals surface area contributed by atoms with E-state index in [1.54, 1.807) is 32.9 Å². The van der Waals surface area contributed by atoms with E-state index in [1.165, 1.54) is 0 Å². The summed E-state index contributed by atoms with van der Waals surface area (Å²) in [6.45, 7) is 5.35. The molecule has 1 rings (SSSR count). The Labute approximate surface area is 88.7 Å². The second-order valence-corrected chi connectivity index (χ2v) is 4.24. The zero-order chi connectivity index (χ0) is 10.9. The molecule has 0 atom stereocenters. The fourth-order valence-corrected chi connectivity index (χ4v) is 1.61. The molecule has 1 aromatic rings. The van der Waals surface area contributed by atoms with Crippen LogP contribution in [0.2, 0.25) is 5.02 Å². The summed E-state index contributed by atoms with van der Waals surface area (Å²) < 4.78 is 0. The van der Waals surface area contributed by atoms with Crippen LogP contribution in [0.15, 0.2) is 12.1 Å². The highest BCUT2D eigenvalue weighted by Crippen LogP contribution is 2.34. The molecule has 0 spiro atoms. The van der Waals surface area contributed by atoms with Crippen molar-refractivity contribution in [2.75, 3.05) is 0 Å². The van der Waals surface area contributed by atoms with E-state index in [0.717, 1.165) is 5.56 Å². The second-order valence-electron chi connectivity index (χ2n) is 3.86. The van der Waals surface area contributed by atoms with Crippen LogP contribution in [-0.2, 0) is 5.41 Å². The quantitative estimate of drug-likeness (QED) is 0.772. The Morgan fingerprint density at radius 1 is 1.43 bits per heavy atom. The van der Waals surface area contributed by atoms with Gasteiger partial charge in [0.15, 0.2) is 0 Å². The minimum atomic E-state index is -0.680. The minimum absolute atomic E-state index is 0.144. The number of halogens is 1. The van der Waals surface area contributed by atoms with Crippen LogP contribution >= 0.6 is 11.6 Å². The number of rotatable bonds is 1. The van der Waals surface area contributed by atoms with E-state index in [1.807, 2.05) is 0 Å². The molecule has 0 amide bonds. The van der Waals surface area contributed by atoms with Crippen LogP contribution in [0.1, 0.15) is 25.0 Å². The fraction of sp³-hybridized carbons (Fsp3) is 0.364. The number of nitriles is 1. The van der Waals surface area contributed by atoms with Gasteiger partial charge in [0.1, 0.15) is 5.75 Å². The number of nitrogens with zero attached hydrogens (tertiary/aromatic N) is 1. The Morgan fingerprint density at radius 2 is 2.00 bits per heavy atom. The van der Waals surface area contributed by atoms with E-state index >= 15 is 0 Å². The van der Waals surface area contributed by atoms with Crippen LogP contribution in [0.4, 0.5) is 0 Å². The molecule has 0 unspecified atom stereocenters. The summed E-state index contributed by atoms with van der Waals surface area (Å²) in [6.07, 6.45) is 0. The molecular formula is C11H12ClNO. The zero-order valence-electron chi connectivity index (χ0n) is 8.43. The van der Waals surface area contributed by atoms with Gasteiger partial charge in [-0.1, -0.05) is 11.6 Å². The lowest BCUT2D eigenvalue weighted by Gasteiger charge is -2.18. The molecule has 3 heteroatoms. The van der Waals surface area contributed by atoms with Crippen LogP contribution in [0.3, 0.4) is 0 Å². The van der Waals surface area contributed by atoms with Crippen LogP contribution < -0.4 is 0 Å². The maximum atomic E-state index is 9.41. The second kappa shape index (κ2) is 3.51. The van der Waals surface area contributed by atoms with Crippen LogP contribution in [0, 0.1) is 18.3 Å². The maximum absolute atomic E-state index is 9.41. The largest absolute Gasteiger partial charge is 0.508 e. The summed E-state index contributed by atoms with van der Waals surface area (Å²) >= 11 is 6.07. The predicted octanol–water partition coefficient (Wildman–Crippen LogP) is 3.16. The monoisotopic (exact) mass is 209 g/mol. The molecule has 0 aliphatic heterocycles. The predicted molar refractivity (Wildman–Crippen MR) is 56.5 cm³/mol. The van der Waals surface area contributed by atoms with Gasteiger partial charge in [0.25, 0.3) is 0 Å². The highest BCUT2D eigenvalue weighted by atomic mass is 35.5. The molecule has 0 aromatic heterocycles. The molecule has 0 saturated carbocycles.